The SMILES string of the molecule is C[C@H]1OCC(=O)N[C@@H]1C(=O)O. The van der Waals surface area contributed by atoms with Crippen molar-refractivity contribution in [2.75, 3.05) is 6.61 Å². The first-order chi connectivity index (χ1) is 5.11. The van der Waals surface area contributed by atoms with Gasteiger partial charge in [-0.15, -0.1) is 0 Å². The fourth-order valence-electron chi connectivity index (χ4n) is 0.898. The maximum atomic E-state index is 10.6. The second-order valence-corrected chi connectivity index (χ2v) is 2.40. The first kappa shape index (κ1) is 8.00. The summed E-state index contributed by atoms with van der Waals surface area (Å²) in [7, 11) is 0. The summed E-state index contributed by atoms with van der Waals surface area (Å²) in [6, 6.07) is -0.906. The number of carbonyl (C=O) groups is 2. The van der Waals surface area contributed by atoms with Gasteiger partial charge in [0.1, 0.15) is 6.61 Å². The molecule has 2 atom stereocenters. The van der Waals surface area contributed by atoms with Crippen molar-refractivity contribution < 1.29 is 19.4 Å². The van der Waals surface area contributed by atoms with Crippen LogP contribution in [0.15, 0.2) is 0 Å². The first-order valence-corrected chi connectivity index (χ1v) is 3.25. The second-order valence-electron chi connectivity index (χ2n) is 2.40. The molecule has 0 aromatic carbocycles. The molecule has 0 unspecified atom stereocenters. The summed E-state index contributed by atoms with van der Waals surface area (Å²) in [5.74, 6) is -1.44. The molecule has 0 aliphatic carbocycles. The van der Waals surface area contributed by atoms with Gasteiger partial charge in [-0.2, -0.15) is 0 Å². The Bertz CT molecular complexity index is 191. The van der Waals surface area contributed by atoms with E-state index in [1.54, 1.807) is 6.92 Å². The maximum Gasteiger partial charge on any atom is 0.328 e. The molecule has 0 aromatic rings. The van der Waals surface area contributed by atoms with E-state index in [4.69, 9.17) is 9.84 Å². The van der Waals surface area contributed by atoms with Crippen LogP contribution in [0.25, 0.3) is 0 Å². The van der Waals surface area contributed by atoms with Gasteiger partial charge in [0.05, 0.1) is 6.10 Å². The summed E-state index contributed by atoms with van der Waals surface area (Å²) < 4.78 is 4.87. The van der Waals surface area contributed by atoms with Crippen LogP contribution in [0.1, 0.15) is 6.92 Å². The van der Waals surface area contributed by atoms with E-state index in [0.717, 1.165) is 0 Å². The zero-order valence-corrected chi connectivity index (χ0v) is 6.03. The normalized spacial score (nSPS) is 31.2. The van der Waals surface area contributed by atoms with E-state index in [1.165, 1.54) is 0 Å². The van der Waals surface area contributed by atoms with E-state index in [1.807, 2.05) is 0 Å². The van der Waals surface area contributed by atoms with Gasteiger partial charge in [-0.3, -0.25) is 4.79 Å². The number of rotatable bonds is 1. The second kappa shape index (κ2) is 2.87. The van der Waals surface area contributed by atoms with E-state index in [-0.39, 0.29) is 12.5 Å². The van der Waals surface area contributed by atoms with Crippen molar-refractivity contribution >= 4 is 11.9 Å². The van der Waals surface area contributed by atoms with Gasteiger partial charge in [0, 0.05) is 0 Å². The highest BCUT2D eigenvalue weighted by molar-refractivity contribution is 5.85. The standard InChI is InChI=1S/C6H9NO4/c1-3-5(6(9)10)7-4(8)2-11-3/h3,5H,2H2,1H3,(H,7,8)(H,9,10)/t3-,5+/m1/s1. The Hall–Kier alpha value is -1.10. The number of ether oxygens (including phenoxy) is 1. The maximum absolute atomic E-state index is 10.6. The number of hydrogen-bond donors (Lipinski definition) is 2. The van der Waals surface area contributed by atoms with E-state index in [9.17, 15) is 9.59 Å². The minimum Gasteiger partial charge on any atom is -0.480 e. The molecule has 1 amide bonds. The number of amides is 1. The molecular formula is C6H9NO4. The van der Waals surface area contributed by atoms with Crippen molar-refractivity contribution in [2.24, 2.45) is 0 Å². The molecule has 62 valence electrons. The van der Waals surface area contributed by atoms with Gasteiger partial charge in [0.15, 0.2) is 6.04 Å². The number of carbonyl (C=O) groups excluding carboxylic acids is 1. The molecule has 1 heterocycles. The van der Waals surface area contributed by atoms with Gasteiger partial charge in [-0.05, 0) is 6.92 Å². The third kappa shape index (κ3) is 1.68. The molecule has 1 aliphatic rings. The number of aliphatic carboxylic acids is 1. The Labute approximate surface area is 63.3 Å². The van der Waals surface area contributed by atoms with Crippen molar-refractivity contribution in [2.45, 2.75) is 19.1 Å². The van der Waals surface area contributed by atoms with Gasteiger partial charge >= 0.3 is 5.97 Å². The zero-order chi connectivity index (χ0) is 8.43. The number of carboxylic acids is 1. The lowest BCUT2D eigenvalue weighted by molar-refractivity contribution is -0.153. The quantitative estimate of drug-likeness (QED) is 0.513. The summed E-state index contributed by atoms with van der Waals surface area (Å²) in [5.41, 5.74) is 0. The molecule has 2 N–H and O–H groups in total. The first-order valence-electron chi connectivity index (χ1n) is 3.25. The van der Waals surface area contributed by atoms with Crippen molar-refractivity contribution in [1.29, 1.82) is 0 Å². The molecule has 0 radical (unpaired) electrons. The van der Waals surface area contributed by atoms with Crippen LogP contribution in [-0.2, 0) is 14.3 Å². The highest BCUT2D eigenvalue weighted by Crippen LogP contribution is 2.03. The molecule has 1 rings (SSSR count). The Kier molecular flexibility index (Phi) is 2.09. The van der Waals surface area contributed by atoms with Crippen LogP contribution in [-0.4, -0.2) is 35.7 Å². The van der Waals surface area contributed by atoms with Crippen molar-refractivity contribution in [3.05, 3.63) is 0 Å². The lowest BCUT2D eigenvalue weighted by Gasteiger charge is -2.26. The summed E-state index contributed by atoms with van der Waals surface area (Å²) >= 11 is 0. The fourth-order valence-corrected chi connectivity index (χ4v) is 0.898. The molecule has 0 aromatic heterocycles. The zero-order valence-electron chi connectivity index (χ0n) is 6.03. The highest BCUT2D eigenvalue weighted by atomic mass is 16.5. The van der Waals surface area contributed by atoms with Crippen LogP contribution in [0.4, 0.5) is 0 Å². The number of morpholine rings is 1. The molecule has 1 saturated heterocycles. The minimum atomic E-state index is -1.06. The predicted molar refractivity (Wildman–Crippen MR) is 35.0 cm³/mol. The van der Waals surface area contributed by atoms with Crippen LogP contribution in [0, 0.1) is 0 Å². The minimum absolute atomic E-state index is 0.0506. The van der Waals surface area contributed by atoms with E-state index in [2.05, 4.69) is 5.32 Å². The summed E-state index contributed by atoms with van der Waals surface area (Å²) in [6.45, 7) is 1.56. The van der Waals surface area contributed by atoms with Crippen LogP contribution in [0.2, 0.25) is 0 Å². The average Bonchev–Trinajstić information content (AvgIpc) is 1.94. The Morgan fingerprint density at radius 3 is 2.91 bits per heavy atom. The number of carboxylic acid groups (broad SMARTS) is 1. The van der Waals surface area contributed by atoms with E-state index < -0.39 is 18.1 Å². The summed E-state index contributed by atoms with van der Waals surface area (Å²) in [4.78, 5) is 21.0. The van der Waals surface area contributed by atoms with E-state index in [0.29, 0.717) is 0 Å². The highest BCUT2D eigenvalue weighted by Gasteiger charge is 2.31. The van der Waals surface area contributed by atoms with Crippen molar-refractivity contribution in [3.63, 3.8) is 0 Å². The average molecular weight is 159 g/mol. The number of nitrogens with one attached hydrogen (secondary N) is 1. The Balaban J connectivity index is 2.61. The van der Waals surface area contributed by atoms with Gasteiger partial charge in [-0.25, -0.2) is 4.79 Å². The molecule has 0 bridgehead atoms. The lowest BCUT2D eigenvalue weighted by atomic mass is 10.1. The third-order valence-electron chi connectivity index (χ3n) is 1.53. The van der Waals surface area contributed by atoms with Gasteiger partial charge in [-0.1, -0.05) is 0 Å². The predicted octanol–water partition coefficient (Wildman–Crippen LogP) is -1.03. The lowest BCUT2D eigenvalue weighted by Crippen LogP contribution is -2.54. The topological polar surface area (TPSA) is 75.6 Å². The molecule has 5 nitrogen and oxygen atoms in total. The smallest absolute Gasteiger partial charge is 0.328 e. The number of hydrogen-bond acceptors (Lipinski definition) is 3. The molecule has 11 heavy (non-hydrogen) atoms. The summed E-state index contributed by atoms with van der Waals surface area (Å²) in [5, 5.41) is 10.8. The monoisotopic (exact) mass is 159 g/mol. The Morgan fingerprint density at radius 1 is 1.82 bits per heavy atom. The Morgan fingerprint density at radius 2 is 2.45 bits per heavy atom. The molecule has 1 aliphatic heterocycles. The van der Waals surface area contributed by atoms with Crippen molar-refractivity contribution in [3.8, 4) is 0 Å². The van der Waals surface area contributed by atoms with E-state index >= 15 is 0 Å². The van der Waals surface area contributed by atoms with Crippen LogP contribution in [0.5, 0.6) is 0 Å². The summed E-state index contributed by atoms with van der Waals surface area (Å²) in [6.07, 6.45) is -0.454. The van der Waals surface area contributed by atoms with Crippen molar-refractivity contribution in [1.82, 2.24) is 5.32 Å². The van der Waals surface area contributed by atoms with Crippen LogP contribution < -0.4 is 5.32 Å². The molecular weight excluding hydrogens is 150 g/mol. The molecule has 5 heteroatoms. The van der Waals surface area contributed by atoms with Crippen LogP contribution in [0.3, 0.4) is 0 Å². The third-order valence-corrected chi connectivity index (χ3v) is 1.53. The van der Waals surface area contributed by atoms with Gasteiger partial charge in [0.2, 0.25) is 5.91 Å². The van der Waals surface area contributed by atoms with Gasteiger partial charge in [0.25, 0.3) is 0 Å². The molecule has 1 fully saturated rings. The largest absolute Gasteiger partial charge is 0.480 e. The van der Waals surface area contributed by atoms with Gasteiger partial charge < -0.3 is 15.2 Å². The molecule has 0 spiro atoms. The fraction of sp³-hybridized carbons (Fsp3) is 0.667. The van der Waals surface area contributed by atoms with Crippen LogP contribution >= 0.6 is 0 Å². The molecule has 0 saturated carbocycles.